The van der Waals surface area contributed by atoms with Crippen molar-refractivity contribution in [2.75, 3.05) is 14.1 Å². The van der Waals surface area contributed by atoms with Gasteiger partial charge in [0, 0.05) is 25.1 Å². The van der Waals surface area contributed by atoms with Gasteiger partial charge in [-0.15, -0.1) is 6.58 Å². The van der Waals surface area contributed by atoms with Crippen molar-refractivity contribution in [2.45, 2.75) is 97.9 Å². The average molecular weight is 572 g/mol. The van der Waals surface area contributed by atoms with Crippen LogP contribution in [0.3, 0.4) is 0 Å². The van der Waals surface area contributed by atoms with Crippen LogP contribution in [0.25, 0.3) is 0 Å². The second-order valence-corrected chi connectivity index (χ2v) is 13.1. The molecule has 0 aliphatic heterocycles. The Morgan fingerprint density at radius 1 is 0.976 bits per heavy atom. The minimum Gasteiger partial charge on any atom is -0.478 e. The summed E-state index contributed by atoms with van der Waals surface area (Å²) in [6.45, 7) is 19.7. The van der Waals surface area contributed by atoms with Crippen LogP contribution >= 0.6 is 0 Å². The number of hydrogen-bond acceptors (Lipinski definition) is 5. The Bertz CT molecular complexity index is 1130. The number of nitrogens with one attached hydrogen (secondary N) is 1. The van der Waals surface area contributed by atoms with E-state index in [4.69, 9.17) is 4.74 Å². The van der Waals surface area contributed by atoms with Crippen LogP contribution in [0.4, 0.5) is 4.79 Å². The molecule has 1 aromatic rings. The lowest BCUT2D eigenvalue weighted by molar-refractivity contribution is -0.141. The summed E-state index contributed by atoms with van der Waals surface area (Å²) in [7, 11) is 3.09. The molecule has 2 unspecified atom stereocenters. The average Bonchev–Trinajstić information content (AvgIpc) is 2.84. The van der Waals surface area contributed by atoms with Gasteiger partial charge in [0.15, 0.2) is 0 Å². The van der Waals surface area contributed by atoms with Crippen molar-refractivity contribution < 1.29 is 29.0 Å². The molecule has 0 heterocycles. The maximum Gasteiger partial charge on any atom is 0.410 e. The van der Waals surface area contributed by atoms with Crippen molar-refractivity contribution in [1.29, 1.82) is 0 Å². The number of amides is 3. The predicted molar refractivity (Wildman–Crippen MR) is 161 cm³/mol. The molecule has 0 saturated carbocycles. The lowest BCUT2D eigenvalue weighted by Gasteiger charge is -2.42. The van der Waals surface area contributed by atoms with Crippen LogP contribution in [0.15, 0.2) is 54.6 Å². The lowest BCUT2D eigenvalue weighted by Crippen LogP contribution is -2.63. The molecule has 1 aromatic carbocycles. The minimum atomic E-state index is -1.09. The summed E-state index contributed by atoms with van der Waals surface area (Å²) in [5.74, 6) is -2.01. The van der Waals surface area contributed by atoms with Crippen LogP contribution in [-0.2, 0) is 24.5 Å². The van der Waals surface area contributed by atoms with E-state index in [0.29, 0.717) is 6.42 Å². The molecule has 228 valence electrons. The Morgan fingerprint density at radius 3 is 1.95 bits per heavy atom. The van der Waals surface area contributed by atoms with E-state index in [1.54, 1.807) is 33.9 Å². The van der Waals surface area contributed by atoms with Gasteiger partial charge in [0.2, 0.25) is 11.8 Å². The molecule has 0 bridgehead atoms. The number of carboxylic acid groups (broad SMARTS) is 1. The number of carboxylic acids is 1. The molecule has 0 fully saturated rings. The van der Waals surface area contributed by atoms with Crippen molar-refractivity contribution in [3.05, 3.63) is 60.2 Å². The van der Waals surface area contributed by atoms with E-state index >= 15 is 0 Å². The first-order valence-corrected chi connectivity index (χ1v) is 13.8. The summed E-state index contributed by atoms with van der Waals surface area (Å²) < 4.78 is 5.60. The van der Waals surface area contributed by atoms with Crippen LogP contribution in [-0.4, -0.2) is 76.6 Å². The van der Waals surface area contributed by atoms with Gasteiger partial charge in [-0.05, 0) is 45.1 Å². The summed E-state index contributed by atoms with van der Waals surface area (Å²) in [4.78, 5) is 55.5. The Hall–Kier alpha value is -3.62. The third-order valence-electron chi connectivity index (χ3n) is 6.95. The van der Waals surface area contributed by atoms with Crippen LogP contribution in [0.1, 0.15) is 74.3 Å². The van der Waals surface area contributed by atoms with Gasteiger partial charge in [0.05, 0.1) is 6.04 Å². The van der Waals surface area contributed by atoms with E-state index in [1.807, 2.05) is 65.0 Å². The van der Waals surface area contributed by atoms with Crippen LogP contribution in [0, 0.1) is 5.41 Å². The van der Waals surface area contributed by atoms with E-state index in [2.05, 4.69) is 11.9 Å². The number of nitrogens with zero attached hydrogens (tertiary/aromatic N) is 2. The van der Waals surface area contributed by atoms with Crippen LogP contribution < -0.4 is 5.32 Å². The topological polar surface area (TPSA) is 116 Å². The summed E-state index contributed by atoms with van der Waals surface area (Å²) >= 11 is 0. The van der Waals surface area contributed by atoms with Crippen LogP contribution in [0.2, 0.25) is 0 Å². The van der Waals surface area contributed by atoms with E-state index in [1.165, 1.54) is 29.8 Å². The summed E-state index contributed by atoms with van der Waals surface area (Å²) in [6, 6.07) is 6.76. The monoisotopic (exact) mass is 571 g/mol. The minimum absolute atomic E-state index is 0.0940. The number of rotatable bonds is 11. The van der Waals surface area contributed by atoms with E-state index in [9.17, 15) is 24.3 Å². The highest BCUT2D eigenvalue weighted by atomic mass is 16.6. The zero-order valence-corrected chi connectivity index (χ0v) is 26.6. The first-order valence-electron chi connectivity index (χ1n) is 13.8. The number of likely N-dealkylation sites (N-methyl/N-ethyl adjacent to an activating group) is 2. The Balaban J connectivity index is 3.58. The second kappa shape index (κ2) is 13.8. The summed E-state index contributed by atoms with van der Waals surface area (Å²) in [6.07, 6.45) is 2.76. The Labute approximate surface area is 245 Å². The molecule has 9 nitrogen and oxygen atoms in total. The van der Waals surface area contributed by atoms with Gasteiger partial charge >= 0.3 is 12.1 Å². The molecule has 2 N–H and O–H groups in total. The first kappa shape index (κ1) is 35.4. The largest absolute Gasteiger partial charge is 0.478 e. The molecule has 0 spiro atoms. The third kappa shape index (κ3) is 9.76. The maximum atomic E-state index is 14.2. The quantitative estimate of drug-likeness (QED) is 0.280. The molecule has 41 heavy (non-hydrogen) atoms. The first-order chi connectivity index (χ1) is 18.6. The fourth-order valence-electron chi connectivity index (χ4n) is 4.56. The van der Waals surface area contributed by atoms with Crippen molar-refractivity contribution in [3.63, 3.8) is 0 Å². The van der Waals surface area contributed by atoms with Gasteiger partial charge in [0.25, 0.3) is 0 Å². The van der Waals surface area contributed by atoms with Crippen molar-refractivity contribution in [3.8, 4) is 0 Å². The predicted octanol–water partition coefficient (Wildman–Crippen LogP) is 5.16. The number of carbonyl (C=O) groups excluding carboxylic acids is 3. The number of benzene rings is 1. The van der Waals surface area contributed by atoms with Crippen LogP contribution in [0.5, 0.6) is 0 Å². The van der Waals surface area contributed by atoms with Gasteiger partial charge in [0.1, 0.15) is 17.7 Å². The molecular formula is C32H49N3O6. The second-order valence-electron chi connectivity index (χ2n) is 13.1. The highest BCUT2D eigenvalue weighted by Crippen LogP contribution is 2.32. The molecule has 0 radical (unpaired) electrons. The zero-order chi connectivity index (χ0) is 31.9. The zero-order valence-electron chi connectivity index (χ0n) is 26.6. The van der Waals surface area contributed by atoms with Crippen molar-refractivity contribution in [1.82, 2.24) is 15.1 Å². The number of hydrogen-bond donors (Lipinski definition) is 2. The molecule has 0 saturated heterocycles. The fourth-order valence-corrected chi connectivity index (χ4v) is 4.56. The molecule has 0 aliphatic rings. The van der Waals surface area contributed by atoms with Gasteiger partial charge in [-0.3, -0.25) is 14.5 Å². The molecule has 0 aromatic heterocycles. The van der Waals surface area contributed by atoms with E-state index in [-0.39, 0.29) is 5.57 Å². The Kier molecular flexibility index (Phi) is 11.9. The summed E-state index contributed by atoms with van der Waals surface area (Å²) in [5, 5.41) is 12.3. The normalized spacial score (nSPS) is 14.8. The molecule has 9 heteroatoms. The van der Waals surface area contributed by atoms with Gasteiger partial charge in [-0.2, -0.15) is 0 Å². The van der Waals surface area contributed by atoms with E-state index in [0.717, 1.165) is 5.56 Å². The maximum absolute atomic E-state index is 14.2. The van der Waals surface area contributed by atoms with Gasteiger partial charge in [-0.1, -0.05) is 77.1 Å². The third-order valence-corrected chi connectivity index (χ3v) is 6.95. The van der Waals surface area contributed by atoms with Gasteiger partial charge < -0.3 is 20.1 Å². The highest BCUT2D eigenvalue weighted by Gasteiger charge is 2.45. The highest BCUT2D eigenvalue weighted by molar-refractivity contribution is 5.93. The standard InChI is InChI=1S/C32H49N3O6/c1-13-17-23(20-21(2)28(38)39)34(11)27(37)24(30(3,4)5)33-26(36)25(35(12)29(40)41-31(6,7)8)32(9,10)22-18-15-14-16-19-22/h13-16,18-20,23-25H,1,17H2,2-12H3,(H,33,36)(H,38,39)/b21-20+/t23-,24?,25?/m0/s1. The molecule has 3 amide bonds. The molecule has 1 rings (SSSR count). The number of ether oxygens (including phenoxy) is 1. The summed E-state index contributed by atoms with van der Waals surface area (Å²) in [5.41, 5.74) is -1.46. The number of aliphatic carboxylic acids is 1. The fraction of sp³-hybridized carbons (Fsp3) is 0.562. The van der Waals surface area contributed by atoms with Crippen molar-refractivity contribution in [2.24, 2.45) is 5.41 Å². The van der Waals surface area contributed by atoms with Crippen molar-refractivity contribution >= 4 is 23.9 Å². The molecule has 0 aliphatic carbocycles. The smallest absolute Gasteiger partial charge is 0.410 e. The number of carbonyl (C=O) groups is 4. The lowest BCUT2D eigenvalue weighted by atomic mass is 9.76. The molecule has 3 atom stereocenters. The molecular weight excluding hydrogens is 522 g/mol. The Morgan fingerprint density at radius 2 is 1.51 bits per heavy atom. The SMILES string of the molecule is C=CC[C@@H](/C=C(\C)C(=O)O)N(C)C(=O)C(NC(=O)C(N(C)C(=O)OC(C)(C)C)C(C)(C)c1ccccc1)C(C)(C)C. The van der Waals surface area contributed by atoms with E-state index < -0.39 is 58.4 Å². The van der Waals surface area contributed by atoms with Gasteiger partial charge in [-0.25, -0.2) is 9.59 Å².